The zero-order valence-electron chi connectivity index (χ0n) is 24.3. The van der Waals surface area contributed by atoms with Crippen molar-refractivity contribution >= 4 is 75.1 Å². The molecule has 0 saturated heterocycles. The maximum atomic E-state index is 2.49. The number of rotatable bonds is 3. The van der Waals surface area contributed by atoms with Crippen LogP contribution >= 0.6 is 11.3 Å². The standard InChI is InChI=1S/C42H26N2S/c1-2-11-27(12-3-1)28-13-10-14-29(25-28)43-37-18-7-4-15-31(37)35-23-24-36-32-16-5-8-19-38(32)44(42(36)41(35)43)30-21-22-34-33-17-6-9-20-39(33)45-40(34)26-30/h1-26H. The van der Waals surface area contributed by atoms with E-state index in [1.807, 2.05) is 11.3 Å². The van der Waals surface area contributed by atoms with Crippen LogP contribution in [0.1, 0.15) is 0 Å². The average molecular weight is 591 g/mol. The fourth-order valence-corrected chi connectivity index (χ4v) is 8.49. The van der Waals surface area contributed by atoms with E-state index < -0.39 is 0 Å². The predicted octanol–water partition coefficient (Wildman–Crippen LogP) is 11.9. The maximum absolute atomic E-state index is 2.49. The second-order valence-electron chi connectivity index (χ2n) is 11.8. The van der Waals surface area contributed by atoms with Crippen molar-refractivity contribution in [3.05, 3.63) is 158 Å². The van der Waals surface area contributed by atoms with Crippen molar-refractivity contribution in [1.82, 2.24) is 9.13 Å². The van der Waals surface area contributed by atoms with Crippen molar-refractivity contribution in [2.45, 2.75) is 0 Å². The zero-order chi connectivity index (χ0) is 29.5. The highest BCUT2D eigenvalue weighted by Crippen LogP contribution is 2.43. The molecule has 210 valence electrons. The van der Waals surface area contributed by atoms with Gasteiger partial charge in [0.1, 0.15) is 0 Å². The molecule has 2 nitrogen and oxygen atoms in total. The van der Waals surface area contributed by atoms with Crippen molar-refractivity contribution in [3.63, 3.8) is 0 Å². The molecular weight excluding hydrogens is 565 g/mol. The number of thiophene rings is 1. The van der Waals surface area contributed by atoms with Gasteiger partial charge in [-0.05, 0) is 53.6 Å². The molecule has 0 bridgehead atoms. The van der Waals surface area contributed by atoms with E-state index >= 15 is 0 Å². The van der Waals surface area contributed by atoms with E-state index in [9.17, 15) is 0 Å². The van der Waals surface area contributed by atoms with Gasteiger partial charge in [-0.15, -0.1) is 11.3 Å². The van der Waals surface area contributed by atoms with Gasteiger partial charge in [-0.2, -0.15) is 0 Å². The lowest BCUT2D eigenvalue weighted by atomic mass is 10.1. The minimum Gasteiger partial charge on any atom is -0.307 e. The molecule has 0 aliphatic carbocycles. The Morgan fingerprint density at radius 1 is 0.333 bits per heavy atom. The van der Waals surface area contributed by atoms with E-state index in [2.05, 4.69) is 167 Å². The maximum Gasteiger partial charge on any atom is 0.0788 e. The lowest BCUT2D eigenvalue weighted by Gasteiger charge is -2.14. The Labute approximate surface area is 263 Å². The third kappa shape index (κ3) is 3.56. The topological polar surface area (TPSA) is 9.86 Å². The van der Waals surface area contributed by atoms with Crippen LogP contribution in [-0.2, 0) is 0 Å². The summed E-state index contributed by atoms with van der Waals surface area (Å²) in [4.78, 5) is 0. The van der Waals surface area contributed by atoms with E-state index in [-0.39, 0.29) is 0 Å². The highest BCUT2D eigenvalue weighted by molar-refractivity contribution is 7.25. The molecule has 0 N–H and O–H groups in total. The molecule has 0 saturated carbocycles. The van der Waals surface area contributed by atoms with Crippen LogP contribution in [0.4, 0.5) is 0 Å². The second kappa shape index (κ2) is 9.43. The Morgan fingerprint density at radius 2 is 0.867 bits per heavy atom. The van der Waals surface area contributed by atoms with E-state index in [1.165, 1.54) is 80.6 Å². The van der Waals surface area contributed by atoms with Crippen molar-refractivity contribution in [2.75, 3.05) is 0 Å². The van der Waals surface area contributed by atoms with Gasteiger partial charge in [-0.3, -0.25) is 0 Å². The second-order valence-corrected chi connectivity index (χ2v) is 12.8. The van der Waals surface area contributed by atoms with E-state index in [4.69, 9.17) is 0 Å². The molecule has 0 unspecified atom stereocenters. The first-order valence-corrected chi connectivity index (χ1v) is 16.2. The van der Waals surface area contributed by atoms with Gasteiger partial charge in [-0.1, -0.05) is 115 Å². The highest BCUT2D eigenvalue weighted by atomic mass is 32.1. The molecule has 45 heavy (non-hydrogen) atoms. The summed E-state index contributed by atoms with van der Waals surface area (Å²) < 4.78 is 7.61. The summed E-state index contributed by atoms with van der Waals surface area (Å²) in [6.07, 6.45) is 0. The fraction of sp³-hybridized carbons (Fsp3) is 0. The minimum absolute atomic E-state index is 1.16. The smallest absolute Gasteiger partial charge is 0.0788 e. The minimum atomic E-state index is 1.16. The van der Waals surface area contributed by atoms with Gasteiger partial charge in [0.2, 0.25) is 0 Å². The average Bonchev–Trinajstić information content (AvgIpc) is 3.76. The Morgan fingerprint density at radius 3 is 1.58 bits per heavy atom. The largest absolute Gasteiger partial charge is 0.307 e. The molecule has 3 aromatic heterocycles. The molecule has 0 aliphatic heterocycles. The molecule has 0 fully saturated rings. The number of fused-ring (bicyclic) bond motifs is 10. The third-order valence-corrected chi connectivity index (χ3v) is 10.4. The Hall–Kier alpha value is -5.64. The van der Waals surface area contributed by atoms with Crippen molar-refractivity contribution < 1.29 is 0 Å². The lowest BCUT2D eigenvalue weighted by Crippen LogP contribution is -1.99. The number of benzene rings is 7. The Balaban J connectivity index is 1.36. The van der Waals surface area contributed by atoms with Crippen LogP contribution in [0.15, 0.2) is 158 Å². The summed E-state index contributed by atoms with van der Waals surface area (Å²) in [6.45, 7) is 0. The van der Waals surface area contributed by atoms with Crippen LogP contribution < -0.4 is 0 Å². The molecule has 0 atom stereocenters. The molecule has 0 spiro atoms. The molecule has 0 amide bonds. The molecule has 7 aromatic carbocycles. The number of aromatic nitrogens is 2. The Bertz CT molecular complexity index is 2760. The summed E-state index contributed by atoms with van der Waals surface area (Å²) >= 11 is 1.87. The normalized spacial score (nSPS) is 12.0. The van der Waals surface area contributed by atoms with Gasteiger partial charge in [0, 0.05) is 53.1 Å². The van der Waals surface area contributed by atoms with Crippen molar-refractivity contribution in [1.29, 1.82) is 0 Å². The molecule has 0 radical (unpaired) electrons. The number of nitrogens with zero attached hydrogens (tertiary/aromatic N) is 2. The molecule has 10 aromatic rings. The molecule has 3 heterocycles. The summed E-state index contributed by atoms with van der Waals surface area (Å²) in [6, 6.07) is 57.7. The molecule has 3 heteroatoms. The van der Waals surface area contributed by atoms with Crippen LogP contribution in [0.25, 0.3) is 86.3 Å². The van der Waals surface area contributed by atoms with Crippen molar-refractivity contribution in [2.24, 2.45) is 0 Å². The number of para-hydroxylation sites is 2. The van der Waals surface area contributed by atoms with E-state index in [0.717, 1.165) is 5.69 Å². The van der Waals surface area contributed by atoms with Crippen LogP contribution in [0.2, 0.25) is 0 Å². The summed E-state index contributed by atoms with van der Waals surface area (Å²) in [5.41, 5.74) is 9.66. The zero-order valence-corrected chi connectivity index (χ0v) is 25.1. The van der Waals surface area contributed by atoms with E-state index in [0.29, 0.717) is 0 Å². The van der Waals surface area contributed by atoms with Gasteiger partial charge >= 0.3 is 0 Å². The van der Waals surface area contributed by atoms with Gasteiger partial charge < -0.3 is 9.13 Å². The van der Waals surface area contributed by atoms with Gasteiger partial charge in [-0.25, -0.2) is 0 Å². The third-order valence-electron chi connectivity index (χ3n) is 9.30. The van der Waals surface area contributed by atoms with Gasteiger partial charge in [0.25, 0.3) is 0 Å². The van der Waals surface area contributed by atoms with Gasteiger partial charge in [0.15, 0.2) is 0 Å². The van der Waals surface area contributed by atoms with Crippen LogP contribution in [0.5, 0.6) is 0 Å². The van der Waals surface area contributed by atoms with Crippen LogP contribution in [-0.4, -0.2) is 9.13 Å². The van der Waals surface area contributed by atoms with Crippen LogP contribution in [0.3, 0.4) is 0 Å². The summed E-state index contributed by atoms with van der Waals surface area (Å²) in [7, 11) is 0. The van der Waals surface area contributed by atoms with Gasteiger partial charge in [0.05, 0.1) is 22.1 Å². The monoisotopic (exact) mass is 590 g/mol. The predicted molar refractivity (Wildman–Crippen MR) is 193 cm³/mol. The number of hydrogen-bond donors (Lipinski definition) is 0. The van der Waals surface area contributed by atoms with Crippen LogP contribution in [0, 0.1) is 0 Å². The first-order valence-electron chi connectivity index (χ1n) is 15.4. The summed E-state index contributed by atoms with van der Waals surface area (Å²) in [5.74, 6) is 0. The Kier molecular flexibility index (Phi) is 5.19. The molecule has 10 rings (SSSR count). The molecular formula is C42H26N2S. The first-order chi connectivity index (χ1) is 22.3. The lowest BCUT2D eigenvalue weighted by molar-refractivity contribution is 1.15. The first kappa shape index (κ1) is 24.8. The SMILES string of the molecule is c1ccc(-c2cccc(-n3c4ccccc4c4ccc5c6ccccc6n(-c6ccc7c(c6)sc6ccccc67)c5c43)c2)cc1. The fourth-order valence-electron chi connectivity index (χ4n) is 7.35. The highest BCUT2D eigenvalue weighted by Gasteiger charge is 2.21. The number of hydrogen-bond acceptors (Lipinski definition) is 1. The summed E-state index contributed by atoms with van der Waals surface area (Å²) in [5, 5.41) is 7.69. The molecule has 0 aliphatic rings. The quantitative estimate of drug-likeness (QED) is 0.194. The van der Waals surface area contributed by atoms with Crippen molar-refractivity contribution in [3.8, 4) is 22.5 Å². The van der Waals surface area contributed by atoms with E-state index in [1.54, 1.807) is 0 Å².